The highest BCUT2D eigenvalue weighted by molar-refractivity contribution is 7.90. The maximum atomic E-state index is 14.5. The number of carbonyl (C=O) groups excluding carboxylic acids is 1. The van der Waals surface area contributed by atoms with Crippen molar-refractivity contribution < 1.29 is 25.2 Å². The summed E-state index contributed by atoms with van der Waals surface area (Å²) in [6.45, 7) is 9.81. The fraction of sp³-hybridized carbons (Fsp3) is 0.414. The number of nitrogens with zero attached hydrogens (tertiary/aromatic N) is 3. The highest BCUT2D eigenvalue weighted by Crippen LogP contribution is 2.46. The van der Waals surface area contributed by atoms with Crippen LogP contribution in [0.1, 0.15) is 46.1 Å². The highest BCUT2D eigenvalue weighted by atomic mass is 32.2. The largest absolute Gasteiger partial charge is 0.493 e. The second-order valence-electron chi connectivity index (χ2n) is 11.0. The minimum Gasteiger partial charge on any atom is -0.493 e. The van der Waals surface area contributed by atoms with Crippen LogP contribution in [-0.2, 0) is 10.0 Å². The van der Waals surface area contributed by atoms with Crippen LogP contribution in [0.4, 0.5) is 10.2 Å². The SMILES string of the molecule is Cc1cccc(S(=O)(=O)NC(=O)c2ccc(-c3cc(F)cc(OCC(C)C)c3)nc2N2CC3CC(C2)C3C)n1.[HH].[HH]. The highest BCUT2D eigenvalue weighted by Gasteiger charge is 2.44. The molecular formula is C29H37FN4O4S. The average Bonchev–Trinajstić information content (AvgIpc) is 2.90. The number of sulfonamides is 1. The third kappa shape index (κ3) is 5.75. The van der Waals surface area contributed by atoms with Crippen molar-refractivity contribution in [3.63, 3.8) is 0 Å². The number of rotatable bonds is 8. The van der Waals surface area contributed by atoms with Crippen LogP contribution in [0, 0.1) is 36.4 Å². The summed E-state index contributed by atoms with van der Waals surface area (Å²) in [6.07, 6.45) is 1.13. The van der Waals surface area contributed by atoms with Crippen LogP contribution in [0.3, 0.4) is 0 Å². The number of halogens is 1. The predicted octanol–water partition coefficient (Wildman–Crippen LogP) is 5.33. The lowest BCUT2D eigenvalue weighted by Gasteiger charge is -2.53. The van der Waals surface area contributed by atoms with E-state index in [1.54, 1.807) is 37.3 Å². The summed E-state index contributed by atoms with van der Waals surface area (Å²) >= 11 is 0. The van der Waals surface area contributed by atoms with E-state index in [-0.39, 0.29) is 19.4 Å². The lowest BCUT2D eigenvalue weighted by molar-refractivity contribution is 0.0633. The van der Waals surface area contributed by atoms with Crippen LogP contribution in [-0.4, -0.2) is 44.0 Å². The van der Waals surface area contributed by atoms with Crippen molar-refractivity contribution in [2.75, 3.05) is 24.6 Å². The van der Waals surface area contributed by atoms with E-state index in [1.165, 1.54) is 18.2 Å². The van der Waals surface area contributed by atoms with Gasteiger partial charge in [-0.15, -0.1) is 0 Å². The molecule has 210 valence electrons. The lowest BCUT2D eigenvalue weighted by Crippen LogP contribution is -2.54. The van der Waals surface area contributed by atoms with Crippen LogP contribution in [0.25, 0.3) is 11.3 Å². The van der Waals surface area contributed by atoms with Gasteiger partial charge in [-0.3, -0.25) is 4.79 Å². The Bertz CT molecular complexity index is 1510. The Balaban J connectivity index is 0.00000231. The summed E-state index contributed by atoms with van der Waals surface area (Å²) in [5.74, 6) is 1.37. The van der Waals surface area contributed by atoms with E-state index in [1.807, 2.05) is 18.7 Å². The molecule has 8 nitrogen and oxygen atoms in total. The van der Waals surface area contributed by atoms with E-state index in [9.17, 15) is 17.6 Å². The first kappa shape index (κ1) is 27.1. The Kier molecular flexibility index (Phi) is 7.33. The molecule has 2 unspecified atom stereocenters. The van der Waals surface area contributed by atoms with Gasteiger partial charge in [0.15, 0.2) is 5.03 Å². The summed E-state index contributed by atoms with van der Waals surface area (Å²) in [5, 5.41) is -0.233. The van der Waals surface area contributed by atoms with E-state index in [2.05, 4.69) is 16.6 Å². The molecule has 2 saturated heterocycles. The molecule has 1 saturated carbocycles. The van der Waals surface area contributed by atoms with Gasteiger partial charge < -0.3 is 9.64 Å². The first-order valence-corrected chi connectivity index (χ1v) is 14.7. The molecule has 6 rings (SSSR count). The van der Waals surface area contributed by atoms with Gasteiger partial charge in [0, 0.05) is 33.3 Å². The Labute approximate surface area is 231 Å². The average molecular weight is 557 g/mol. The van der Waals surface area contributed by atoms with Gasteiger partial charge in [-0.1, -0.05) is 26.8 Å². The first-order chi connectivity index (χ1) is 18.5. The van der Waals surface area contributed by atoms with Crippen LogP contribution in [0.5, 0.6) is 5.75 Å². The molecule has 3 aliphatic rings. The molecule has 4 heterocycles. The summed E-state index contributed by atoms with van der Waals surface area (Å²) in [4.78, 5) is 24.3. The molecule has 1 N–H and O–H groups in total. The van der Waals surface area contributed by atoms with Gasteiger partial charge in [0.1, 0.15) is 17.4 Å². The van der Waals surface area contributed by atoms with Crippen molar-refractivity contribution in [3.8, 4) is 17.0 Å². The van der Waals surface area contributed by atoms with E-state index >= 15 is 0 Å². The molecule has 0 spiro atoms. The number of piperidine rings is 2. The minimum absolute atomic E-state index is 0. The molecule has 10 heteroatoms. The number of fused-ring (bicyclic) bond motifs is 2. The van der Waals surface area contributed by atoms with Crippen LogP contribution < -0.4 is 14.4 Å². The van der Waals surface area contributed by atoms with Gasteiger partial charge in [-0.05, 0) is 73.4 Å². The number of ether oxygens (including phenoxy) is 1. The van der Waals surface area contributed by atoms with Gasteiger partial charge >= 0.3 is 0 Å². The van der Waals surface area contributed by atoms with Crippen LogP contribution >= 0.6 is 0 Å². The topological polar surface area (TPSA) is 101 Å². The van der Waals surface area contributed by atoms with Crippen LogP contribution in [0.2, 0.25) is 0 Å². The third-order valence-corrected chi connectivity index (χ3v) is 8.77. The molecule has 0 radical (unpaired) electrons. The van der Waals surface area contributed by atoms with Gasteiger partial charge in [-0.2, -0.15) is 8.42 Å². The number of aryl methyl sites for hydroxylation is 1. The number of hydrogen-bond donors (Lipinski definition) is 1. The molecule has 3 fully saturated rings. The number of pyridine rings is 2. The Morgan fingerprint density at radius 3 is 2.56 bits per heavy atom. The standard InChI is InChI=1S/C29H33FN4O4S.2H2/c1-17(2)16-38-24-12-20(11-23(30)13-24)26-9-8-25(28(32-26)34-14-21-10-22(15-34)19(21)4)29(35)33-39(36,37)27-7-5-6-18(3)31-27;;/h5-9,11-13,17,19,21-22H,10,14-16H2,1-4H3,(H,33,35);2*1H. The molecule has 1 aromatic carbocycles. The summed E-state index contributed by atoms with van der Waals surface area (Å²) < 4.78 is 48.3. The maximum Gasteiger partial charge on any atom is 0.281 e. The summed E-state index contributed by atoms with van der Waals surface area (Å²) in [7, 11) is -4.20. The van der Waals surface area contributed by atoms with Gasteiger partial charge in [0.2, 0.25) is 0 Å². The number of carbonyl (C=O) groups is 1. The quantitative estimate of drug-likeness (QED) is 0.400. The molecule has 3 aromatic rings. The second kappa shape index (κ2) is 10.6. The van der Waals surface area contributed by atoms with Crippen molar-refractivity contribution >= 4 is 21.7 Å². The van der Waals surface area contributed by atoms with Crippen molar-refractivity contribution in [2.45, 2.75) is 39.1 Å². The molecule has 2 bridgehead atoms. The maximum absolute atomic E-state index is 14.5. The number of amides is 1. The zero-order valence-electron chi connectivity index (χ0n) is 22.5. The predicted molar refractivity (Wildman–Crippen MR) is 151 cm³/mol. The van der Waals surface area contributed by atoms with E-state index in [0.717, 1.165) is 6.42 Å². The number of aromatic nitrogens is 2. The molecule has 1 amide bonds. The normalized spacial score (nSPS) is 20.5. The zero-order chi connectivity index (χ0) is 27.9. The van der Waals surface area contributed by atoms with Crippen LogP contribution in [0.15, 0.2) is 53.6 Å². The zero-order valence-corrected chi connectivity index (χ0v) is 23.3. The van der Waals surface area contributed by atoms with E-state index in [4.69, 9.17) is 9.72 Å². The van der Waals surface area contributed by atoms with Crippen molar-refractivity contribution in [3.05, 3.63) is 65.6 Å². The number of anilines is 1. The number of hydrogen-bond acceptors (Lipinski definition) is 7. The van der Waals surface area contributed by atoms with Crippen molar-refractivity contribution in [1.82, 2.24) is 14.7 Å². The van der Waals surface area contributed by atoms with Gasteiger partial charge in [0.05, 0.1) is 17.9 Å². The molecule has 2 aromatic heterocycles. The number of nitrogens with one attached hydrogen (secondary N) is 1. The van der Waals surface area contributed by atoms with E-state index in [0.29, 0.717) is 66.0 Å². The molecule has 1 aliphatic carbocycles. The summed E-state index contributed by atoms with van der Waals surface area (Å²) in [6, 6.07) is 12.2. The van der Waals surface area contributed by atoms with E-state index < -0.39 is 21.7 Å². The van der Waals surface area contributed by atoms with Gasteiger partial charge in [-0.25, -0.2) is 19.1 Å². The molecule has 2 atom stereocenters. The number of benzene rings is 1. The third-order valence-electron chi connectivity index (χ3n) is 7.54. The fourth-order valence-corrected chi connectivity index (χ4v) is 6.26. The van der Waals surface area contributed by atoms with Gasteiger partial charge in [0.25, 0.3) is 15.9 Å². The summed E-state index contributed by atoms with van der Waals surface area (Å²) in [5.41, 5.74) is 1.63. The molecule has 39 heavy (non-hydrogen) atoms. The fourth-order valence-electron chi connectivity index (χ4n) is 5.28. The Hall–Kier alpha value is -3.53. The molecule has 2 aliphatic heterocycles. The van der Waals surface area contributed by atoms with Crippen molar-refractivity contribution in [2.24, 2.45) is 23.7 Å². The minimum atomic E-state index is -4.20. The van der Waals surface area contributed by atoms with Crippen molar-refractivity contribution in [1.29, 1.82) is 0 Å². The lowest BCUT2D eigenvalue weighted by atomic mass is 9.62. The smallest absolute Gasteiger partial charge is 0.281 e. The first-order valence-electron chi connectivity index (χ1n) is 13.2. The second-order valence-corrected chi connectivity index (χ2v) is 12.6. The molecular weight excluding hydrogens is 519 g/mol. The monoisotopic (exact) mass is 556 g/mol. The Morgan fingerprint density at radius 2 is 1.90 bits per heavy atom. The Morgan fingerprint density at radius 1 is 1.15 bits per heavy atom.